The van der Waals surface area contributed by atoms with Gasteiger partial charge in [-0.25, -0.2) is 9.78 Å². The van der Waals surface area contributed by atoms with E-state index in [0.717, 1.165) is 50.1 Å². The van der Waals surface area contributed by atoms with Crippen molar-refractivity contribution < 1.29 is 4.79 Å². The molecule has 1 aromatic heterocycles. The summed E-state index contributed by atoms with van der Waals surface area (Å²) in [5, 5.41) is 12.5. The number of carbonyl (C=O) groups excluding carboxylic acids is 1. The van der Waals surface area contributed by atoms with Gasteiger partial charge in [-0.15, -0.1) is 17.8 Å². The van der Waals surface area contributed by atoms with Crippen LogP contribution in [-0.2, 0) is 11.0 Å². The van der Waals surface area contributed by atoms with Crippen molar-refractivity contribution in [3.8, 4) is 12.3 Å². The van der Waals surface area contributed by atoms with Crippen molar-refractivity contribution in [1.82, 2.24) is 15.6 Å². The number of rotatable bonds is 6. The fourth-order valence-corrected chi connectivity index (χ4v) is 5.46. The van der Waals surface area contributed by atoms with E-state index in [1.54, 1.807) is 0 Å². The SMILES string of the molecule is C#C[C@](C)(c1ccc(Cl)cc1)c1csc(NC(=O)NC2(c3ccc(N4CCNCC4)cc3)CC2)n1. The number of piperazine rings is 1. The zero-order valence-electron chi connectivity index (χ0n) is 19.6. The number of carbonyl (C=O) groups is 1. The van der Waals surface area contributed by atoms with E-state index in [9.17, 15) is 4.79 Å². The second kappa shape index (κ2) is 9.54. The summed E-state index contributed by atoms with van der Waals surface area (Å²) in [6, 6.07) is 15.8. The molecule has 1 saturated carbocycles. The number of amides is 2. The molecule has 35 heavy (non-hydrogen) atoms. The molecule has 2 heterocycles. The van der Waals surface area contributed by atoms with Crippen LogP contribution in [0.1, 0.15) is 36.6 Å². The minimum absolute atomic E-state index is 0.261. The third-order valence-electron chi connectivity index (χ3n) is 6.95. The van der Waals surface area contributed by atoms with Gasteiger partial charge in [-0.2, -0.15) is 0 Å². The van der Waals surface area contributed by atoms with E-state index in [0.29, 0.717) is 15.8 Å². The highest BCUT2D eigenvalue weighted by Gasteiger charge is 2.45. The first-order valence-corrected chi connectivity index (χ1v) is 13.0. The number of hydrogen-bond donors (Lipinski definition) is 3. The molecule has 1 aliphatic heterocycles. The minimum atomic E-state index is -0.721. The zero-order chi connectivity index (χ0) is 24.5. The second-order valence-corrected chi connectivity index (χ2v) is 10.6. The van der Waals surface area contributed by atoms with Gasteiger partial charge in [-0.3, -0.25) is 5.32 Å². The fourth-order valence-electron chi connectivity index (χ4n) is 4.52. The summed E-state index contributed by atoms with van der Waals surface area (Å²) in [7, 11) is 0. The number of urea groups is 1. The van der Waals surface area contributed by atoms with Gasteiger partial charge in [0.25, 0.3) is 0 Å². The molecule has 5 rings (SSSR count). The third-order valence-corrected chi connectivity index (χ3v) is 7.96. The van der Waals surface area contributed by atoms with Crippen LogP contribution < -0.4 is 20.9 Å². The van der Waals surface area contributed by atoms with Crippen molar-refractivity contribution in [3.63, 3.8) is 0 Å². The zero-order valence-corrected chi connectivity index (χ0v) is 21.2. The molecule has 180 valence electrons. The molecule has 1 aliphatic carbocycles. The average molecular weight is 506 g/mol. The van der Waals surface area contributed by atoms with Crippen molar-refractivity contribution in [2.75, 3.05) is 36.4 Å². The molecule has 1 atom stereocenters. The highest BCUT2D eigenvalue weighted by atomic mass is 35.5. The molecular formula is C27H28ClN5OS. The lowest BCUT2D eigenvalue weighted by atomic mass is 9.81. The molecule has 8 heteroatoms. The van der Waals surface area contributed by atoms with Gasteiger partial charge in [0.15, 0.2) is 5.13 Å². The fraction of sp³-hybridized carbons (Fsp3) is 0.333. The minimum Gasteiger partial charge on any atom is -0.369 e. The standard InChI is InChI=1S/C27H28ClN5OS/c1-3-26(2,19-4-8-21(28)9-5-19)23-18-35-25(30-23)31-24(34)32-27(12-13-27)20-6-10-22(11-7-20)33-16-14-29-15-17-33/h1,4-11,18,29H,12-17H2,2H3,(H2,30,31,32,34)/t26-/m1/s1. The second-order valence-electron chi connectivity index (χ2n) is 9.26. The van der Waals surface area contributed by atoms with Crippen molar-refractivity contribution in [1.29, 1.82) is 0 Å². The normalized spacial score (nSPS) is 18.3. The van der Waals surface area contributed by atoms with Crippen LogP contribution in [0, 0.1) is 12.3 Å². The number of nitrogens with one attached hydrogen (secondary N) is 3. The molecule has 2 amide bonds. The molecule has 0 spiro atoms. The van der Waals surface area contributed by atoms with Crippen LogP contribution in [0.2, 0.25) is 5.02 Å². The smallest absolute Gasteiger partial charge is 0.321 e. The molecule has 2 aliphatic rings. The van der Waals surface area contributed by atoms with Crippen LogP contribution in [0.25, 0.3) is 0 Å². The highest BCUT2D eigenvalue weighted by molar-refractivity contribution is 7.14. The topological polar surface area (TPSA) is 69.3 Å². The molecule has 1 saturated heterocycles. The van der Waals surface area contributed by atoms with Crippen LogP contribution >= 0.6 is 22.9 Å². The van der Waals surface area contributed by atoms with E-state index < -0.39 is 5.41 Å². The number of terminal acetylenes is 1. The predicted octanol–water partition coefficient (Wildman–Crippen LogP) is 4.96. The number of aromatic nitrogens is 1. The van der Waals surface area contributed by atoms with E-state index in [2.05, 4.69) is 56.0 Å². The van der Waals surface area contributed by atoms with Gasteiger partial charge in [0, 0.05) is 42.3 Å². The van der Waals surface area contributed by atoms with Crippen molar-refractivity contribution in [3.05, 3.63) is 75.8 Å². The first kappa shape index (κ1) is 23.7. The summed E-state index contributed by atoms with van der Waals surface area (Å²) < 4.78 is 0. The number of nitrogens with zero attached hydrogens (tertiary/aromatic N) is 2. The van der Waals surface area contributed by atoms with Crippen LogP contribution in [0.4, 0.5) is 15.6 Å². The van der Waals surface area contributed by atoms with E-state index in [-0.39, 0.29) is 11.6 Å². The Kier molecular flexibility index (Phi) is 6.45. The lowest BCUT2D eigenvalue weighted by Crippen LogP contribution is -2.43. The quantitative estimate of drug-likeness (QED) is 0.414. The largest absolute Gasteiger partial charge is 0.369 e. The lowest BCUT2D eigenvalue weighted by molar-refractivity contribution is 0.247. The summed E-state index contributed by atoms with van der Waals surface area (Å²) in [4.78, 5) is 19.9. The Balaban J connectivity index is 1.24. The summed E-state index contributed by atoms with van der Waals surface area (Å²) in [6.07, 6.45) is 7.75. The van der Waals surface area contributed by atoms with Crippen molar-refractivity contribution in [2.24, 2.45) is 0 Å². The van der Waals surface area contributed by atoms with Gasteiger partial charge in [-0.05, 0) is 55.2 Å². The van der Waals surface area contributed by atoms with Gasteiger partial charge in [0.1, 0.15) is 0 Å². The van der Waals surface area contributed by atoms with E-state index in [1.165, 1.54) is 17.0 Å². The van der Waals surface area contributed by atoms with Crippen LogP contribution in [0.15, 0.2) is 53.9 Å². The van der Waals surface area contributed by atoms with Crippen LogP contribution in [0.5, 0.6) is 0 Å². The predicted molar refractivity (Wildman–Crippen MR) is 143 cm³/mol. The molecule has 0 unspecified atom stereocenters. The number of thiazole rings is 1. The Hall–Kier alpha value is -3.05. The lowest BCUT2D eigenvalue weighted by Gasteiger charge is -2.30. The molecule has 0 radical (unpaired) electrons. The maximum absolute atomic E-state index is 12.9. The van der Waals surface area contributed by atoms with E-state index >= 15 is 0 Å². The Labute approximate surface area is 215 Å². The van der Waals surface area contributed by atoms with Crippen molar-refractivity contribution >= 4 is 39.8 Å². The Morgan fingerprint density at radius 2 is 1.86 bits per heavy atom. The number of anilines is 2. The molecule has 3 aromatic rings. The van der Waals surface area contributed by atoms with Crippen molar-refractivity contribution in [2.45, 2.75) is 30.7 Å². The van der Waals surface area contributed by atoms with Crippen LogP contribution in [0.3, 0.4) is 0 Å². The maximum Gasteiger partial charge on any atom is 0.321 e. The Morgan fingerprint density at radius 3 is 2.49 bits per heavy atom. The van der Waals surface area contributed by atoms with E-state index in [1.807, 2.05) is 36.6 Å². The van der Waals surface area contributed by atoms with Gasteiger partial charge >= 0.3 is 6.03 Å². The molecule has 0 bridgehead atoms. The summed E-state index contributed by atoms with van der Waals surface area (Å²) in [5.74, 6) is 2.86. The molecular weight excluding hydrogens is 478 g/mol. The summed E-state index contributed by atoms with van der Waals surface area (Å²) in [6.45, 7) is 5.98. The molecule has 2 aromatic carbocycles. The first-order valence-electron chi connectivity index (χ1n) is 11.8. The summed E-state index contributed by atoms with van der Waals surface area (Å²) in [5.41, 5.74) is 2.96. The van der Waals surface area contributed by atoms with Gasteiger partial charge in [0.2, 0.25) is 0 Å². The third kappa shape index (κ3) is 4.87. The van der Waals surface area contributed by atoms with Gasteiger partial charge < -0.3 is 15.5 Å². The first-order chi connectivity index (χ1) is 16.9. The number of hydrogen-bond acceptors (Lipinski definition) is 5. The highest BCUT2D eigenvalue weighted by Crippen LogP contribution is 2.46. The molecule has 2 fully saturated rings. The average Bonchev–Trinajstić information content (AvgIpc) is 3.51. The number of halogens is 1. The maximum atomic E-state index is 12.9. The number of benzene rings is 2. The molecule has 6 nitrogen and oxygen atoms in total. The monoisotopic (exact) mass is 505 g/mol. The Bertz CT molecular complexity index is 1240. The van der Waals surface area contributed by atoms with E-state index in [4.69, 9.17) is 18.0 Å². The molecule has 3 N–H and O–H groups in total. The van der Waals surface area contributed by atoms with Crippen LogP contribution in [-0.4, -0.2) is 37.2 Å². The van der Waals surface area contributed by atoms with Gasteiger partial charge in [-0.1, -0.05) is 41.8 Å². The summed E-state index contributed by atoms with van der Waals surface area (Å²) >= 11 is 7.40. The Morgan fingerprint density at radius 1 is 1.17 bits per heavy atom. The van der Waals surface area contributed by atoms with Gasteiger partial charge in [0.05, 0.1) is 16.6 Å².